The molecular weight excluding hydrogens is 478 g/mol. The lowest BCUT2D eigenvalue weighted by Crippen LogP contribution is -2.42. The van der Waals surface area contributed by atoms with E-state index < -0.39 is 0 Å². The molecule has 3 fully saturated rings. The predicted molar refractivity (Wildman–Crippen MR) is 139 cm³/mol. The van der Waals surface area contributed by atoms with Crippen LogP contribution in [0.1, 0.15) is 60.9 Å². The Morgan fingerprint density at radius 2 is 2.06 bits per heavy atom. The zero-order valence-electron chi connectivity index (χ0n) is 20.6. The fourth-order valence-electron chi connectivity index (χ4n) is 5.72. The van der Waals surface area contributed by atoms with E-state index in [9.17, 15) is 4.79 Å². The van der Waals surface area contributed by atoms with Gasteiger partial charge in [0.1, 0.15) is 5.52 Å². The molecule has 3 aromatic rings. The van der Waals surface area contributed by atoms with Crippen LogP contribution < -0.4 is 10.1 Å². The molecule has 36 heavy (non-hydrogen) atoms. The Labute approximate surface area is 216 Å². The van der Waals surface area contributed by atoms with Crippen molar-refractivity contribution in [2.45, 2.75) is 56.5 Å². The Bertz CT molecular complexity index is 1260. The molecule has 0 spiro atoms. The average Bonchev–Trinajstić information content (AvgIpc) is 3.29. The fraction of sp³-hybridized carbons (Fsp3) is 0.500. The number of rotatable bonds is 8. The molecule has 0 radical (unpaired) electrons. The number of hydrogen-bond acceptors (Lipinski definition) is 6. The van der Waals surface area contributed by atoms with Gasteiger partial charge in [0, 0.05) is 35.7 Å². The molecule has 6 rings (SSSR count). The van der Waals surface area contributed by atoms with Crippen molar-refractivity contribution in [3.05, 3.63) is 52.5 Å². The fourth-order valence-corrected chi connectivity index (χ4v) is 5.91. The quantitative estimate of drug-likeness (QED) is 0.400. The second kappa shape index (κ2) is 9.60. The SMILES string of the molecule is COc1cc(C(=O)N(CC2CCOC2)C2CCCC2)cc2nc(NC3(c4cccc(Cl)c4)CC3)oc12. The van der Waals surface area contributed by atoms with E-state index in [-0.39, 0.29) is 17.5 Å². The number of aromatic nitrogens is 1. The van der Waals surface area contributed by atoms with Crippen molar-refractivity contribution in [2.24, 2.45) is 5.92 Å². The lowest BCUT2D eigenvalue weighted by molar-refractivity contribution is 0.0635. The minimum atomic E-state index is -0.236. The second-order valence-electron chi connectivity index (χ2n) is 10.4. The Morgan fingerprint density at radius 1 is 1.22 bits per heavy atom. The molecule has 2 heterocycles. The lowest BCUT2D eigenvalue weighted by Gasteiger charge is -2.31. The molecule has 7 nitrogen and oxygen atoms in total. The van der Waals surface area contributed by atoms with Crippen LogP contribution >= 0.6 is 11.6 Å². The van der Waals surface area contributed by atoms with Gasteiger partial charge in [-0.25, -0.2) is 0 Å². The summed E-state index contributed by atoms with van der Waals surface area (Å²) in [6.45, 7) is 2.24. The first kappa shape index (κ1) is 23.6. The van der Waals surface area contributed by atoms with E-state index in [2.05, 4.69) is 16.3 Å². The third-order valence-corrected chi connectivity index (χ3v) is 8.14. The first-order valence-electron chi connectivity index (χ1n) is 13.0. The van der Waals surface area contributed by atoms with Crippen LogP contribution in [0.4, 0.5) is 6.01 Å². The van der Waals surface area contributed by atoms with Crippen molar-refractivity contribution in [3.8, 4) is 5.75 Å². The minimum Gasteiger partial charge on any atom is -0.493 e. The Balaban J connectivity index is 1.29. The van der Waals surface area contributed by atoms with Crippen LogP contribution in [0.2, 0.25) is 5.02 Å². The highest BCUT2D eigenvalue weighted by molar-refractivity contribution is 6.30. The molecule has 3 aliphatic rings. The van der Waals surface area contributed by atoms with Gasteiger partial charge in [-0.2, -0.15) is 4.98 Å². The Morgan fingerprint density at radius 3 is 2.75 bits per heavy atom. The molecule has 2 saturated carbocycles. The van der Waals surface area contributed by atoms with Crippen molar-refractivity contribution < 1.29 is 18.7 Å². The van der Waals surface area contributed by atoms with Crippen LogP contribution in [0.25, 0.3) is 11.1 Å². The van der Waals surface area contributed by atoms with Gasteiger partial charge in [-0.05, 0) is 61.9 Å². The molecule has 1 saturated heterocycles. The average molecular weight is 510 g/mol. The summed E-state index contributed by atoms with van der Waals surface area (Å²) in [4.78, 5) is 20.6. The van der Waals surface area contributed by atoms with Crippen LogP contribution in [0.15, 0.2) is 40.8 Å². The topological polar surface area (TPSA) is 76.8 Å². The second-order valence-corrected chi connectivity index (χ2v) is 10.8. The third kappa shape index (κ3) is 4.55. The number of nitrogens with one attached hydrogen (secondary N) is 1. The summed E-state index contributed by atoms with van der Waals surface area (Å²) < 4.78 is 17.3. The van der Waals surface area contributed by atoms with Gasteiger partial charge in [0.2, 0.25) is 0 Å². The number of carbonyl (C=O) groups is 1. The van der Waals surface area contributed by atoms with Crippen molar-refractivity contribution in [1.82, 2.24) is 9.88 Å². The number of fused-ring (bicyclic) bond motifs is 1. The van der Waals surface area contributed by atoms with E-state index in [1.165, 1.54) is 12.8 Å². The van der Waals surface area contributed by atoms with Crippen LogP contribution in [0, 0.1) is 5.92 Å². The van der Waals surface area contributed by atoms with Crippen molar-refractivity contribution in [3.63, 3.8) is 0 Å². The maximum absolute atomic E-state index is 13.8. The van der Waals surface area contributed by atoms with Crippen LogP contribution in [0.5, 0.6) is 5.75 Å². The standard InChI is InChI=1S/C28H32ClN3O4/c1-34-24-14-19(26(33)32(22-7-2-3-8-22)16-18-9-12-35-17-18)13-23-25(24)36-27(30-23)31-28(10-11-28)20-5-4-6-21(29)15-20/h4-6,13-15,18,22H,2-3,7-12,16-17H2,1H3,(H,30,31). The molecule has 2 aromatic carbocycles. The van der Waals surface area contributed by atoms with Gasteiger partial charge in [-0.3, -0.25) is 4.79 Å². The summed E-state index contributed by atoms with van der Waals surface area (Å²) in [5, 5.41) is 4.18. The number of nitrogens with zero attached hydrogens (tertiary/aromatic N) is 2. The summed E-state index contributed by atoms with van der Waals surface area (Å²) >= 11 is 6.23. The summed E-state index contributed by atoms with van der Waals surface area (Å²) in [5.41, 5.74) is 2.61. The van der Waals surface area contributed by atoms with E-state index >= 15 is 0 Å². The highest BCUT2D eigenvalue weighted by atomic mass is 35.5. The van der Waals surface area contributed by atoms with Crippen LogP contribution in [0.3, 0.4) is 0 Å². The highest BCUT2D eigenvalue weighted by Crippen LogP contribution is 2.49. The number of halogens is 1. The van der Waals surface area contributed by atoms with Crippen LogP contribution in [-0.2, 0) is 10.3 Å². The Kier molecular flexibility index (Phi) is 6.30. The smallest absolute Gasteiger partial charge is 0.296 e. The maximum atomic E-state index is 13.8. The summed E-state index contributed by atoms with van der Waals surface area (Å²) in [7, 11) is 1.59. The molecule has 1 aliphatic heterocycles. The molecule has 2 aliphatic carbocycles. The number of carbonyl (C=O) groups excluding carboxylic acids is 1. The molecule has 1 atom stereocenters. The zero-order chi connectivity index (χ0) is 24.7. The molecule has 1 amide bonds. The summed E-state index contributed by atoms with van der Waals surface area (Å²) in [6, 6.07) is 12.2. The lowest BCUT2D eigenvalue weighted by atomic mass is 10.0. The normalized spacial score (nSPS) is 21.1. The number of anilines is 1. The van der Waals surface area contributed by atoms with Crippen molar-refractivity contribution >= 4 is 34.6 Å². The summed E-state index contributed by atoms with van der Waals surface area (Å²) in [6.07, 6.45) is 7.40. The minimum absolute atomic E-state index is 0.0316. The number of ether oxygens (including phenoxy) is 2. The Hall–Kier alpha value is -2.77. The molecule has 1 aromatic heterocycles. The van der Waals surface area contributed by atoms with Gasteiger partial charge in [0.25, 0.3) is 11.9 Å². The van der Waals surface area contributed by atoms with Gasteiger partial charge in [-0.15, -0.1) is 0 Å². The molecule has 1 N–H and O–H groups in total. The summed E-state index contributed by atoms with van der Waals surface area (Å²) in [5.74, 6) is 0.938. The molecule has 8 heteroatoms. The van der Waals surface area contributed by atoms with E-state index in [0.29, 0.717) is 39.4 Å². The van der Waals surface area contributed by atoms with Crippen LogP contribution in [-0.4, -0.2) is 48.7 Å². The van der Waals surface area contributed by atoms with Gasteiger partial charge in [0.05, 0.1) is 19.3 Å². The number of oxazole rings is 1. The van der Waals surface area contributed by atoms with Gasteiger partial charge >= 0.3 is 0 Å². The van der Waals surface area contributed by atoms with Gasteiger partial charge in [-0.1, -0.05) is 36.6 Å². The molecular formula is C28H32ClN3O4. The maximum Gasteiger partial charge on any atom is 0.296 e. The van der Waals surface area contributed by atoms with Crippen molar-refractivity contribution in [1.29, 1.82) is 0 Å². The highest BCUT2D eigenvalue weighted by Gasteiger charge is 2.45. The number of amides is 1. The number of hydrogen-bond donors (Lipinski definition) is 1. The van der Waals surface area contributed by atoms with E-state index in [1.807, 2.05) is 24.3 Å². The largest absolute Gasteiger partial charge is 0.493 e. The molecule has 1 unspecified atom stereocenters. The van der Waals surface area contributed by atoms with Gasteiger partial charge in [0.15, 0.2) is 11.3 Å². The van der Waals surface area contributed by atoms with E-state index in [1.54, 1.807) is 13.2 Å². The van der Waals surface area contributed by atoms with E-state index in [4.69, 9.17) is 30.5 Å². The first-order chi connectivity index (χ1) is 17.5. The van der Waals surface area contributed by atoms with Gasteiger partial charge < -0.3 is 24.1 Å². The zero-order valence-corrected chi connectivity index (χ0v) is 21.4. The van der Waals surface area contributed by atoms with E-state index in [0.717, 1.165) is 57.4 Å². The molecule has 0 bridgehead atoms. The number of methoxy groups -OCH3 is 1. The van der Waals surface area contributed by atoms with Crippen molar-refractivity contribution in [2.75, 3.05) is 32.2 Å². The first-order valence-corrected chi connectivity index (χ1v) is 13.3. The monoisotopic (exact) mass is 509 g/mol. The predicted octanol–water partition coefficient (Wildman–Crippen LogP) is 6.01. The number of benzene rings is 2. The third-order valence-electron chi connectivity index (χ3n) is 7.90. The molecule has 190 valence electrons.